The molecule has 6 nitrogen and oxygen atoms in total. The lowest BCUT2D eigenvalue weighted by Gasteiger charge is -2.00. The molecule has 148 valence electrons. The predicted octanol–water partition coefficient (Wildman–Crippen LogP) is 5.06. The van der Waals surface area contributed by atoms with E-state index in [4.69, 9.17) is 9.15 Å². The molecule has 0 atom stereocenters. The summed E-state index contributed by atoms with van der Waals surface area (Å²) in [6.07, 6.45) is 1.95. The second kappa shape index (κ2) is 8.40. The molecule has 0 aliphatic carbocycles. The number of nitrogens with zero attached hydrogens (tertiary/aromatic N) is 2. The number of benzene rings is 2. The van der Waals surface area contributed by atoms with Gasteiger partial charge < -0.3 is 14.5 Å². The minimum Gasteiger partial charge on any atom is -0.494 e. The number of hydrogen-bond donors (Lipinski definition) is 1. The van der Waals surface area contributed by atoms with Gasteiger partial charge in [-0.3, -0.25) is 4.79 Å². The maximum absolute atomic E-state index is 13.8. The van der Waals surface area contributed by atoms with Crippen molar-refractivity contribution in [3.05, 3.63) is 60.4 Å². The van der Waals surface area contributed by atoms with Crippen molar-refractivity contribution < 1.29 is 18.3 Å². The molecule has 2 aromatic carbocycles. The van der Waals surface area contributed by atoms with Crippen LogP contribution in [0, 0.1) is 5.82 Å². The van der Waals surface area contributed by atoms with Crippen LogP contribution in [0.5, 0.6) is 5.75 Å². The van der Waals surface area contributed by atoms with Crippen molar-refractivity contribution in [3.63, 3.8) is 0 Å². The van der Waals surface area contributed by atoms with Gasteiger partial charge >= 0.3 is 0 Å². The van der Waals surface area contributed by atoms with Gasteiger partial charge in [0.05, 0.1) is 28.6 Å². The van der Waals surface area contributed by atoms with E-state index >= 15 is 0 Å². The van der Waals surface area contributed by atoms with Gasteiger partial charge in [-0.15, -0.1) is 0 Å². The summed E-state index contributed by atoms with van der Waals surface area (Å²) in [4.78, 5) is 20.8. The molecule has 4 rings (SSSR count). The van der Waals surface area contributed by atoms with Crippen LogP contribution in [0.25, 0.3) is 21.5 Å². The Kier molecular flexibility index (Phi) is 5.53. The number of thiazole rings is 1. The van der Waals surface area contributed by atoms with Crippen molar-refractivity contribution in [1.29, 1.82) is 0 Å². The maximum Gasteiger partial charge on any atom is 0.226 e. The van der Waals surface area contributed by atoms with E-state index in [1.807, 2.05) is 25.1 Å². The number of carbonyl (C=O) groups is 1. The second-order valence-corrected chi connectivity index (χ2v) is 7.26. The maximum atomic E-state index is 13.8. The molecular formula is C21H18FN3O3S. The number of amides is 1. The van der Waals surface area contributed by atoms with E-state index in [-0.39, 0.29) is 18.1 Å². The minimum absolute atomic E-state index is 0.178. The van der Waals surface area contributed by atoms with Crippen LogP contribution in [-0.4, -0.2) is 22.5 Å². The molecule has 0 bridgehead atoms. The Balaban J connectivity index is 1.37. The highest BCUT2D eigenvalue weighted by Crippen LogP contribution is 2.29. The number of carbonyl (C=O) groups excluding carboxylic acids is 1. The molecule has 0 saturated heterocycles. The van der Waals surface area contributed by atoms with E-state index in [0.717, 1.165) is 16.0 Å². The van der Waals surface area contributed by atoms with Gasteiger partial charge in [-0.05, 0) is 37.3 Å². The summed E-state index contributed by atoms with van der Waals surface area (Å²) >= 11 is 1.39. The largest absolute Gasteiger partial charge is 0.494 e. The highest BCUT2D eigenvalue weighted by atomic mass is 32.1. The minimum atomic E-state index is -0.378. The number of rotatable bonds is 7. The third-order valence-corrected chi connectivity index (χ3v) is 5.11. The summed E-state index contributed by atoms with van der Waals surface area (Å²) < 4.78 is 25.8. The molecule has 0 aliphatic rings. The fourth-order valence-electron chi connectivity index (χ4n) is 2.83. The van der Waals surface area contributed by atoms with E-state index < -0.39 is 0 Å². The molecule has 4 aromatic rings. The van der Waals surface area contributed by atoms with Crippen LogP contribution in [0.15, 0.2) is 53.1 Å². The van der Waals surface area contributed by atoms with Gasteiger partial charge in [0.25, 0.3) is 0 Å². The van der Waals surface area contributed by atoms with Crippen molar-refractivity contribution in [2.75, 3.05) is 11.9 Å². The molecule has 0 radical (unpaired) electrons. The smallest absolute Gasteiger partial charge is 0.226 e. The first kappa shape index (κ1) is 19.1. The first-order chi connectivity index (χ1) is 14.1. The van der Waals surface area contributed by atoms with E-state index in [9.17, 15) is 9.18 Å². The summed E-state index contributed by atoms with van der Waals surface area (Å²) in [5.74, 6) is 0.922. The Bertz CT molecular complexity index is 1160. The summed E-state index contributed by atoms with van der Waals surface area (Å²) in [6, 6.07) is 11.9. The van der Waals surface area contributed by atoms with Gasteiger partial charge in [0.2, 0.25) is 5.91 Å². The average molecular weight is 411 g/mol. The number of oxazole rings is 1. The molecule has 2 aromatic heterocycles. The first-order valence-corrected chi connectivity index (χ1v) is 9.97. The lowest BCUT2D eigenvalue weighted by Crippen LogP contribution is -2.12. The molecule has 8 heteroatoms. The molecule has 1 amide bonds. The summed E-state index contributed by atoms with van der Waals surface area (Å²) in [5.41, 5.74) is 1.15. The number of nitrogens with one attached hydrogen (secondary N) is 1. The zero-order valence-corrected chi connectivity index (χ0v) is 16.5. The highest BCUT2D eigenvalue weighted by molar-refractivity contribution is 7.22. The molecule has 0 unspecified atom stereocenters. The molecule has 2 heterocycles. The lowest BCUT2D eigenvalue weighted by atomic mass is 10.2. The molecule has 1 N–H and O–H groups in total. The van der Waals surface area contributed by atoms with Gasteiger partial charge in [0, 0.05) is 12.8 Å². The third-order valence-electron chi connectivity index (χ3n) is 4.18. The molecular weight excluding hydrogens is 393 g/mol. The molecule has 0 fully saturated rings. The number of halogens is 1. The van der Waals surface area contributed by atoms with E-state index in [1.54, 1.807) is 18.2 Å². The van der Waals surface area contributed by atoms with Crippen LogP contribution in [0.1, 0.15) is 19.2 Å². The van der Waals surface area contributed by atoms with Crippen LogP contribution >= 0.6 is 11.3 Å². The van der Waals surface area contributed by atoms with E-state index in [0.29, 0.717) is 35.4 Å². The van der Waals surface area contributed by atoms with E-state index in [2.05, 4.69) is 15.3 Å². The van der Waals surface area contributed by atoms with Crippen molar-refractivity contribution >= 4 is 32.6 Å². The number of aryl methyl sites for hydroxylation is 1. The number of ether oxygens (including phenoxy) is 1. The number of aromatic nitrogens is 2. The van der Waals surface area contributed by atoms with Gasteiger partial charge in [0.1, 0.15) is 11.6 Å². The zero-order valence-electron chi connectivity index (χ0n) is 15.6. The predicted molar refractivity (Wildman–Crippen MR) is 110 cm³/mol. The third kappa shape index (κ3) is 4.43. The Labute approximate surface area is 170 Å². The summed E-state index contributed by atoms with van der Waals surface area (Å²) in [6.45, 7) is 2.52. The van der Waals surface area contributed by atoms with Gasteiger partial charge in [-0.1, -0.05) is 23.5 Å². The van der Waals surface area contributed by atoms with Crippen molar-refractivity contribution in [1.82, 2.24) is 9.97 Å². The van der Waals surface area contributed by atoms with Crippen molar-refractivity contribution in [2.45, 2.75) is 19.8 Å². The number of fused-ring (bicyclic) bond motifs is 1. The lowest BCUT2D eigenvalue weighted by molar-refractivity contribution is -0.116. The number of hydrogen-bond acceptors (Lipinski definition) is 6. The number of anilines is 1. The quantitative estimate of drug-likeness (QED) is 0.460. The highest BCUT2D eigenvalue weighted by Gasteiger charge is 2.13. The zero-order chi connectivity index (χ0) is 20.2. The summed E-state index contributed by atoms with van der Waals surface area (Å²) in [7, 11) is 0. The summed E-state index contributed by atoms with van der Waals surface area (Å²) in [5, 5.41) is 3.32. The first-order valence-electron chi connectivity index (χ1n) is 9.15. The SMILES string of the molecule is CCOc1ccc2nc(NC(=O)CCc3ncc(-c4ccccc4F)o3)sc2c1. The molecule has 0 aliphatic heterocycles. The molecule has 0 saturated carbocycles. The standard InChI is InChI=1S/C21H18FN3O3S/c1-2-27-13-7-8-16-18(11-13)29-21(24-16)25-19(26)9-10-20-23-12-17(28-20)14-5-3-4-6-15(14)22/h3-8,11-12H,2,9-10H2,1H3,(H,24,25,26). The molecule has 0 spiro atoms. The van der Waals surface area contributed by atoms with Gasteiger partial charge in [-0.2, -0.15) is 0 Å². The Morgan fingerprint density at radius 2 is 2.14 bits per heavy atom. The Morgan fingerprint density at radius 1 is 1.28 bits per heavy atom. The monoisotopic (exact) mass is 411 g/mol. The molecule has 29 heavy (non-hydrogen) atoms. The average Bonchev–Trinajstić information content (AvgIpc) is 3.33. The van der Waals surface area contributed by atoms with Crippen LogP contribution in [-0.2, 0) is 11.2 Å². The van der Waals surface area contributed by atoms with Crippen molar-refractivity contribution in [2.24, 2.45) is 0 Å². The van der Waals surface area contributed by atoms with Crippen molar-refractivity contribution in [3.8, 4) is 17.1 Å². The fourth-order valence-corrected chi connectivity index (χ4v) is 3.74. The van der Waals surface area contributed by atoms with Gasteiger partial charge in [-0.25, -0.2) is 14.4 Å². The normalized spacial score (nSPS) is 11.0. The second-order valence-electron chi connectivity index (χ2n) is 6.23. The van der Waals surface area contributed by atoms with E-state index in [1.165, 1.54) is 23.6 Å². The van der Waals surface area contributed by atoms with Crippen LogP contribution < -0.4 is 10.1 Å². The Morgan fingerprint density at radius 3 is 2.97 bits per heavy atom. The Hall–Kier alpha value is -3.26. The fraction of sp³-hybridized carbons (Fsp3) is 0.190. The van der Waals surface area contributed by atoms with Crippen LogP contribution in [0.3, 0.4) is 0 Å². The topological polar surface area (TPSA) is 77.2 Å². The van der Waals surface area contributed by atoms with Gasteiger partial charge in [0.15, 0.2) is 16.8 Å². The van der Waals surface area contributed by atoms with Crippen LogP contribution in [0.4, 0.5) is 9.52 Å². The van der Waals surface area contributed by atoms with Crippen LogP contribution in [0.2, 0.25) is 0 Å².